The first-order chi connectivity index (χ1) is 9.65. The van der Waals surface area contributed by atoms with Gasteiger partial charge in [-0.05, 0) is 55.4 Å². The zero-order chi connectivity index (χ0) is 14.4. The number of nitrogens with one attached hydrogen (secondary N) is 1. The molecule has 0 aliphatic carbocycles. The van der Waals surface area contributed by atoms with Gasteiger partial charge in [-0.15, -0.1) is 0 Å². The van der Waals surface area contributed by atoms with Gasteiger partial charge in [0.2, 0.25) is 0 Å². The van der Waals surface area contributed by atoms with E-state index in [1.165, 1.54) is 37.1 Å². The fraction of sp³-hybridized carbons (Fsp3) is 0.667. The van der Waals surface area contributed by atoms with Crippen molar-refractivity contribution in [2.24, 2.45) is 5.92 Å². The Morgan fingerprint density at radius 3 is 2.25 bits per heavy atom. The normalized spacial score (nSPS) is 17.8. The average molecular weight is 274 g/mol. The Morgan fingerprint density at radius 1 is 1.00 bits per heavy atom. The molecule has 1 unspecified atom stereocenters. The highest BCUT2D eigenvalue weighted by Gasteiger charge is 2.12. The monoisotopic (exact) mass is 274 g/mol. The van der Waals surface area contributed by atoms with Gasteiger partial charge < -0.3 is 5.32 Å². The summed E-state index contributed by atoms with van der Waals surface area (Å²) < 4.78 is 0. The molecule has 112 valence electrons. The molecule has 0 aromatic heterocycles. The molecule has 0 radical (unpaired) electrons. The van der Waals surface area contributed by atoms with Gasteiger partial charge in [-0.2, -0.15) is 0 Å². The first-order valence-corrected chi connectivity index (χ1v) is 8.17. The molecule has 1 fully saturated rings. The molecule has 1 saturated heterocycles. The minimum atomic E-state index is 0.592. The largest absolute Gasteiger partial charge is 0.316 e. The van der Waals surface area contributed by atoms with Crippen molar-refractivity contribution in [3.8, 4) is 0 Å². The molecule has 2 rings (SSSR count). The van der Waals surface area contributed by atoms with Crippen molar-refractivity contribution in [2.45, 2.75) is 46.1 Å². The van der Waals surface area contributed by atoms with Crippen LogP contribution in [0.2, 0.25) is 0 Å². The summed E-state index contributed by atoms with van der Waals surface area (Å²) in [6.45, 7) is 12.7. The Balaban J connectivity index is 1.80. The zero-order valence-corrected chi connectivity index (χ0v) is 13.4. The zero-order valence-electron chi connectivity index (χ0n) is 13.4. The van der Waals surface area contributed by atoms with E-state index in [9.17, 15) is 0 Å². The van der Waals surface area contributed by atoms with Crippen LogP contribution in [0.3, 0.4) is 0 Å². The summed E-state index contributed by atoms with van der Waals surface area (Å²) >= 11 is 0. The van der Waals surface area contributed by atoms with E-state index in [1.54, 1.807) is 0 Å². The van der Waals surface area contributed by atoms with Crippen LogP contribution in [0.25, 0.3) is 0 Å². The topological polar surface area (TPSA) is 15.3 Å². The van der Waals surface area contributed by atoms with Gasteiger partial charge in [-0.1, -0.05) is 45.0 Å². The van der Waals surface area contributed by atoms with Crippen molar-refractivity contribution >= 4 is 0 Å². The van der Waals surface area contributed by atoms with E-state index < -0.39 is 0 Å². The molecule has 0 amide bonds. The van der Waals surface area contributed by atoms with E-state index in [0.717, 1.165) is 25.6 Å². The Morgan fingerprint density at radius 2 is 1.65 bits per heavy atom. The second-order valence-electron chi connectivity index (χ2n) is 6.68. The van der Waals surface area contributed by atoms with E-state index >= 15 is 0 Å². The molecular formula is C18H30N2. The molecular weight excluding hydrogens is 244 g/mol. The summed E-state index contributed by atoms with van der Waals surface area (Å²) in [5.41, 5.74) is 2.91. The highest BCUT2D eigenvalue weighted by atomic mass is 15.1. The highest BCUT2D eigenvalue weighted by molar-refractivity contribution is 5.25. The van der Waals surface area contributed by atoms with Gasteiger partial charge in [0.15, 0.2) is 0 Å². The predicted molar refractivity (Wildman–Crippen MR) is 87.1 cm³/mol. The molecule has 1 aliphatic heterocycles. The number of hydrogen-bond donors (Lipinski definition) is 1. The molecule has 1 atom stereocenters. The molecule has 1 aromatic carbocycles. The van der Waals surface area contributed by atoms with Crippen LogP contribution in [0.5, 0.6) is 0 Å². The lowest BCUT2D eigenvalue weighted by Gasteiger charge is -2.17. The number of likely N-dealkylation sites (tertiary alicyclic amines) is 1. The van der Waals surface area contributed by atoms with Crippen molar-refractivity contribution in [3.05, 3.63) is 35.4 Å². The van der Waals surface area contributed by atoms with Gasteiger partial charge in [0.05, 0.1) is 0 Å². The molecule has 0 bridgehead atoms. The standard InChI is InChI=1S/C18H30N2/c1-15(2)12-19-13-16(3)18-8-6-17(7-9-18)14-20-10-4-5-11-20/h6-9,15-16,19H,4-5,10-14H2,1-3H3. The Labute approximate surface area is 124 Å². The SMILES string of the molecule is CC(C)CNCC(C)c1ccc(CN2CCCC2)cc1. The lowest BCUT2D eigenvalue weighted by molar-refractivity contribution is 0.331. The summed E-state index contributed by atoms with van der Waals surface area (Å²) in [5, 5.41) is 3.55. The van der Waals surface area contributed by atoms with Gasteiger partial charge in [-0.25, -0.2) is 0 Å². The van der Waals surface area contributed by atoms with Crippen molar-refractivity contribution in [3.63, 3.8) is 0 Å². The second-order valence-corrected chi connectivity index (χ2v) is 6.68. The maximum atomic E-state index is 3.55. The molecule has 1 aromatic rings. The van der Waals surface area contributed by atoms with Crippen molar-refractivity contribution in [1.29, 1.82) is 0 Å². The van der Waals surface area contributed by atoms with Crippen LogP contribution in [0.1, 0.15) is 50.7 Å². The van der Waals surface area contributed by atoms with Crippen molar-refractivity contribution < 1.29 is 0 Å². The molecule has 1 aliphatic rings. The summed E-state index contributed by atoms with van der Waals surface area (Å²) in [6, 6.07) is 9.25. The van der Waals surface area contributed by atoms with Crippen LogP contribution in [0.15, 0.2) is 24.3 Å². The van der Waals surface area contributed by atoms with Gasteiger partial charge in [0, 0.05) is 13.1 Å². The molecule has 0 spiro atoms. The van der Waals surface area contributed by atoms with Crippen LogP contribution >= 0.6 is 0 Å². The summed E-state index contributed by atoms with van der Waals surface area (Å²) in [4.78, 5) is 2.56. The second kappa shape index (κ2) is 7.80. The van der Waals surface area contributed by atoms with E-state index in [1.807, 2.05) is 0 Å². The Kier molecular flexibility index (Phi) is 6.06. The number of benzene rings is 1. The molecule has 2 nitrogen and oxygen atoms in total. The lowest BCUT2D eigenvalue weighted by Crippen LogP contribution is -2.24. The molecule has 1 heterocycles. The minimum absolute atomic E-state index is 0.592. The van der Waals surface area contributed by atoms with Crippen LogP contribution in [-0.2, 0) is 6.54 Å². The first-order valence-electron chi connectivity index (χ1n) is 8.17. The minimum Gasteiger partial charge on any atom is -0.316 e. The lowest BCUT2D eigenvalue weighted by atomic mass is 9.99. The Hall–Kier alpha value is -0.860. The van der Waals surface area contributed by atoms with Crippen LogP contribution in [0.4, 0.5) is 0 Å². The van der Waals surface area contributed by atoms with Crippen LogP contribution < -0.4 is 5.32 Å². The summed E-state index contributed by atoms with van der Waals surface area (Å²) in [5.74, 6) is 1.32. The maximum absolute atomic E-state index is 3.55. The number of hydrogen-bond acceptors (Lipinski definition) is 2. The third-order valence-corrected chi connectivity index (χ3v) is 4.16. The smallest absolute Gasteiger partial charge is 0.0233 e. The van der Waals surface area contributed by atoms with Gasteiger partial charge in [0.1, 0.15) is 0 Å². The van der Waals surface area contributed by atoms with E-state index in [0.29, 0.717) is 5.92 Å². The fourth-order valence-electron chi connectivity index (χ4n) is 2.86. The third-order valence-electron chi connectivity index (χ3n) is 4.16. The quantitative estimate of drug-likeness (QED) is 0.817. The number of nitrogens with zero attached hydrogens (tertiary/aromatic N) is 1. The van der Waals surface area contributed by atoms with E-state index in [2.05, 4.69) is 55.3 Å². The Bertz CT molecular complexity index is 377. The number of rotatable bonds is 7. The highest BCUT2D eigenvalue weighted by Crippen LogP contribution is 2.17. The van der Waals surface area contributed by atoms with Crippen LogP contribution in [0, 0.1) is 5.92 Å². The van der Waals surface area contributed by atoms with Crippen molar-refractivity contribution in [1.82, 2.24) is 10.2 Å². The summed E-state index contributed by atoms with van der Waals surface area (Å²) in [6.07, 6.45) is 2.74. The van der Waals surface area contributed by atoms with E-state index in [4.69, 9.17) is 0 Å². The molecule has 2 heteroatoms. The predicted octanol–water partition coefficient (Wildman–Crippen LogP) is 3.63. The van der Waals surface area contributed by atoms with Crippen LogP contribution in [-0.4, -0.2) is 31.1 Å². The molecule has 1 N–H and O–H groups in total. The maximum Gasteiger partial charge on any atom is 0.0233 e. The van der Waals surface area contributed by atoms with Gasteiger partial charge >= 0.3 is 0 Å². The molecule has 20 heavy (non-hydrogen) atoms. The van der Waals surface area contributed by atoms with Crippen molar-refractivity contribution in [2.75, 3.05) is 26.2 Å². The van der Waals surface area contributed by atoms with E-state index in [-0.39, 0.29) is 0 Å². The van der Waals surface area contributed by atoms with Gasteiger partial charge in [-0.3, -0.25) is 4.90 Å². The first kappa shape index (κ1) is 15.5. The third kappa shape index (κ3) is 4.92. The fourth-order valence-corrected chi connectivity index (χ4v) is 2.86. The van der Waals surface area contributed by atoms with Gasteiger partial charge in [0.25, 0.3) is 0 Å². The average Bonchev–Trinajstić information content (AvgIpc) is 2.92. The summed E-state index contributed by atoms with van der Waals surface area (Å²) in [7, 11) is 0. The molecule has 0 saturated carbocycles.